The molecule has 2 N–H and O–H groups in total. The first-order valence-electron chi connectivity index (χ1n) is 7.37. The van der Waals surface area contributed by atoms with E-state index in [9.17, 15) is 19.3 Å². The molecule has 0 aromatic heterocycles. The van der Waals surface area contributed by atoms with Gasteiger partial charge in [-0.3, -0.25) is 9.46 Å². The molecule has 0 aliphatic carbocycles. The van der Waals surface area contributed by atoms with Gasteiger partial charge < -0.3 is 14.7 Å². The third kappa shape index (κ3) is 6.84. The van der Waals surface area contributed by atoms with Crippen LogP contribution in [0.2, 0.25) is 0 Å². The molecule has 0 heterocycles. The highest BCUT2D eigenvalue weighted by Crippen LogP contribution is 2.21. The number of hydrogen-bond donors (Lipinski definition) is 2. The summed E-state index contributed by atoms with van der Waals surface area (Å²) in [6, 6.07) is 7.75. The molecule has 0 fully saturated rings. The second-order valence-corrected chi connectivity index (χ2v) is 6.16. The van der Waals surface area contributed by atoms with Crippen LogP contribution < -0.4 is 0 Å². The molecule has 1 amide bonds. The third-order valence-corrected chi connectivity index (χ3v) is 3.85. The summed E-state index contributed by atoms with van der Waals surface area (Å²) in [6.45, 7) is 1.87. The Hall–Kier alpha value is -1.85. The van der Waals surface area contributed by atoms with E-state index in [1.165, 1.54) is 0 Å². The molecule has 23 heavy (non-hydrogen) atoms. The lowest BCUT2D eigenvalue weighted by atomic mass is 10.1. The Labute approximate surface area is 135 Å². The molecule has 0 radical (unpaired) electrons. The number of carboxylic acids is 1. The molecule has 2 atom stereocenters. The summed E-state index contributed by atoms with van der Waals surface area (Å²) < 4.78 is 16.2. The molecule has 128 valence electrons. The Bertz CT molecular complexity index is 536. The molecule has 1 aromatic carbocycles. The predicted molar refractivity (Wildman–Crippen MR) is 85.5 cm³/mol. The summed E-state index contributed by atoms with van der Waals surface area (Å²) in [5, 5.41) is 9.30. The van der Waals surface area contributed by atoms with Gasteiger partial charge in [-0.1, -0.05) is 50.1 Å². The van der Waals surface area contributed by atoms with E-state index in [4.69, 9.17) is 9.63 Å². The third-order valence-electron chi connectivity index (χ3n) is 3.24. The van der Waals surface area contributed by atoms with E-state index in [0.29, 0.717) is 6.42 Å². The summed E-state index contributed by atoms with van der Waals surface area (Å²) in [5.74, 6) is -1.21. The summed E-state index contributed by atoms with van der Waals surface area (Å²) in [6.07, 6.45) is 0.127. The average molecular weight is 343 g/mol. The maximum Gasteiger partial charge on any atom is 0.411 e. The number of aliphatic carboxylic acids is 1. The maximum absolute atomic E-state index is 12.2. The summed E-state index contributed by atoms with van der Waals surface area (Å²) in [5.41, 5.74) is 0.748. The SMILES string of the molecule is CCCCC(C(=O)O)N(C[PH](=O)O)C(=O)OCc1ccccc1. The molecule has 8 heteroatoms. The quantitative estimate of drug-likeness (QED) is 0.668. The van der Waals surface area contributed by atoms with E-state index in [1.807, 2.05) is 13.0 Å². The number of unbranched alkanes of at least 4 members (excludes halogenated alkanes) is 1. The summed E-state index contributed by atoms with van der Waals surface area (Å²) in [4.78, 5) is 33.5. The van der Waals surface area contributed by atoms with Gasteiger partial charge in [-0.2, -0.15) is 0 Å². The van der Waals surface area contributed by atoms with Gasteiger partial charge in [0.1, 0.15) is 12.6 Å². The van der Waals surface area contributed by atoms with Gasteiger partial charge in [0, 0.05) is 0 Å². The first kappa shape index (κ1) is 19.2. The molecule has 7 nitrogen and oxygen atoms in total. The number of benzene rings is 1. The molecule has 0 spiro atoms. The number of amides is 1. The molecule has 2 unspecified atom stereocenters. The molecule has 0 aliphatic rings. The Kier molecular flexibility index (Phi) is 8.37. The van der Waals surface area contributed by atoms with Gasteiger partial charge in [0.2, 0.25) is 8.03 Å². The Morgan fingerprint density at radius 3 is 2.48 bits per heavy atom. The van der Waals surface area contributed by atoms with E-state index >= 15 is 0 Å². The van der Waals surface area contributed by atoms with Crippen LogP contribution in [0.15, 0.2) is 30.3 Å². The zero-order chi connectivity index (χ0) is 17.2. The van der Waals surface area contributed by atoms with Crippen molar-refractivity contribution in [2.75, 3.05) is 6.29 Å². The van der Waals surface area contributed by atoms with Gasteiger partial charge >= 0.3 is 12.1 Å². The highest BCUT2D eigenvalue weighted by Gasteiger charge is 2.31. The maximum atomic E-state index is 12.2. The van der Waals surface area contributed by atoms with Crippen LogP contribution in [0.3, 0.4) is 0 Å². The molecule has 0 aliphatic heterocycles. The van der Waals surface area contributed by atoms with Gasteiger partial charge in [0.25, 0.3) is 0 Å². The monoisotopic (exact) mass is 343 g/mol. The number of carbonyl (C=O) groups is 2. The summed E-state index contributed by atoms with van der Waals surface area (Å²) >= 11 is 0. The fourth-order valence-corrected chi connectivity index (χ4v) is 2.70. The van der Waals surface area contributed by atoms with Gasteiger partial charge in [-0.05, 0) is 12.0 Å². The lowest BCUT2D eigenvalue weighted by molar-refractivity contribution is -0.142. The number of rotatable bonds is 9. The van der Waals surface area contributed by atoms with Crippen LogP contribution in [0.1, 0.15) is 31.7 Å². The first-order chi connectivity index (χ1) is 11.0. The van der Waals surface area contributed by atoms with Crippen molar-refractivity contribution in [3.05, 3.63) is 35.9 Å². The van der Waals surface area contributed by atoms with E-state index in [0.717, 1.165) is 16.9 Å². The number of nitrogens with zero attached hydrogens (tertiary/aromatic N) is 1. The van der Waals surface area contributed by atoms with Crippen molar-refractivity contribution in [2.45, 2.75) is 38.8 Å². The van der Waals surface area contributed by atoms with Crippen molar-refractivity contribution < 1.29 is 28.9 Å². The van der Waals surface area contributed by atoms with Crippen molar-refractivity contribution in [2.24, 2.45) is 0 Å². The fraction of sp³-hybridized carbons (Fsp3) is 0.467. The molecule has 0 bridgehead atoms. The van der Waals surface area contributed by atoms with E-state index in [1.54, 1.807) is 24.3 Å². The standard InChI is InChI=1S/C15H22NO6P/c1-2-3-9-13(14(17)18)16(11-23(20)21)15(19)22-10-12-7-5-4-6-8-12/h4-8,13,23H,2-3,9-11H2,1H3,(H,17,18)(H,20,21). The Morgan fingerprint density at radius 1 is 1.30 bits per heavy atom. The van der Waals surface area contributed by atoms with Crippen molar-refractivity contribution in [1.29, 1.82) is 0 Å². The van der Waals surface area contributed by atoms with Crippen molar-refractivity contribution in [3.63, 3.8) is 0 Å². The smallest absolute Gasteiger partial charge is 0.411 e. The largest absolute Gasteiger partial charge is 0.480 e. The minimum absolute atomic E-state index is 0.0251. The fourth-order valence-electron chi connectivity index (χ4n) is 2.06. The molecular weight excluding hydrogens is 321 g/mol. The second kappa shape index (κ2) is 10.0. The Balaban J connectivity index is 2.79. The van der Waals surface area contributed by atoms with E-state index in [-0.39, 0.29) is 13.0 Å². The minimum Gasteiger partial charge on any atom is -0.480 e. The zero-order valence-electron chi connectivity index (χ0n) is 13.0. The average Bonchev–Trinajstić information content (AvgIpc) is 2.52. The lowest BCUT2D eigenvalue weighted by Gasteiger charge is -2.27. The second-order valence-electron chi connectivity index (χ2n) is 5.06. The number of carbonyl (C=O) groups excluding carboxylic acids is 1. The molecule has 1 rings (SSSR count). The van der Waals surface area contributed by atoms with Gasteiger partial charge in [-0.15, -0.1) is 0 Å². The number of ether oxygens (including phenoxy) is 1. The highest BCUT2D eigenvalue weighted by molar-refractivity contribution is 7.37. The van der Waals surface area contributed by atoms with Crippen molar-refractivity contribution >= 4 is 20.1 Å². The lowest BCUT2D eigenvalue weighted by Crippen LogP contribution is -2.45. The van der Waals surface area contributed by atoms with Crippen LogP contribution in [-0.2, 0) is 20.7 Å². The summed E-state index contributed by atoms with van der Waals surface area (Å²) in [7, 11) is -3.05. The van der Waals surface area contributed by atoms with Crippen LogP contribution in [0, 0.1) is 0 Å². The topological polar surface area (TPSA) is 104 Å². The zero-order valence-corrected chi connectivity index (χ0v) is 14.0. The first-order valence-corrected chi connectivity index (χ1v) is 8.93. The molecule has 1 aromatic rings. The van der Waals surface area contributed by atoms with Crippen molar-refractivity contribution in [1.82, 2.24) is 4.90 Å². The predicted octanol–water partition coefficient (Wildman–Crippen LogP) is 2.69. The van der Waals surface area contributed by atoms with E-state index in [2.05, 4.69) is 0 Å². The normalized spacial score (nSPS) is 13.1. The number of hydrogen-bond acceptors (Lipinski definition) is 4. The van der Waals surface area contributed by atoms with Crippen molar-refractivity contribution in [3.8, 4) is 0 Å². The van der Waals surface area contributed by atoms with Gasteiger partial charge in [0.05, 0.1) is 6.29 Å². The minimum atomic E-state index is -3.05. The van der Waals surface area contributed by atoms with Gasteiger partial charge in [0.15, 0.2) is 0 Å². The highest BCUT2D eigenvalue weighted by atomic mass is 31.1. The van der Waals surface area contributed by atoms with Crippen LogP contribution in [0.4, 0.5) is 4.79 Å². The van der Waals surface area contributed by atoms with Crippen LogP contribution in [0.25, 0.3) is 0 Å². The van der Waals surface area contributed by atoms with E-state index < -0.39 is 32.4 Å². The molecule has 0 saturated carbocycles. The van der Waals surface area contributed by atoms with Crippen LogP contribution in [-0.4, -0.2) is 39.3 Å². The van der Waals surface area contributed by atoms with Gasteiger partial charge in [-0.25, -0.2) is 9.59 Å². The van der Waals surface area contributed by atoms with Crippen LogP contribution in [0.5, 0.6) is 0 Å². The Morgan fingerprint density at radius 2 is 1.96 bits per heavy atom. The molecule has 0 saturated heterocycles. The number of carboxylic acid groups (broad SMARTS) is 1. The van der Waals surface area contributed by atoms with Crippen LogP contribution >= 0.6 is 8.03 Å². The molecular formula is C15H22NO6P.